The maximum Gasteiger partial charge on any atom is 0.328 e. The molecular weight excluding hydrogens is 320 g/mol. The summed E-state index contributed by atoms with van der Waals surface area (Å²) < 4.78 is 24.0. The highest BCUT2D eigenvalue weighted by molar-refractivity contribution is 7.94. The number of carboxylic acid groups (broad SMARTS) is 1. The van der Waals surface area contributed by atoms with Gasteiger partial charge in [-0.1, -0.05) is 6.07 Å². The third-order valence-corrected chi connectivity index (χ3v) is 7.36. The second kappa shape index (κ2) is 4.64. The van der Waals surface area contributed by atoms with Gasteiger partial charge < -0.3 is 10.0 Å². The first kappa shape index (κ1) is 15.7. The minimum Gasteiger partial charge on any atom is -0.480 e. The zero-order valence-electron chi connectivity index (χ0n) is 12.8. The molecule has 0 radical (unpaired) electrons. The molecule has 2 aliphatic heterocycles. The van der Waals surface area contributed by atoms with E-state index in [1.54, 1.807) is 31.3 Å². The van der Waals surface area contributed by atoms with E-state index in [1.165, 1.54) is 13.8 Å². The average molecular weight is 336 g/mol. The van der Waals surface area contributed by atoms with Gasteiger partial charge in [-0.25, -0.2) is 13.2 Å². The molecule has 0 unspecified atom stereocenters. The zero-order chi connectivity index (χ0) is 17.2. The molecule has 0 aliphatic carbocycles. The van der Waals surface area contributed by atoms with E-state index < -0.39 is 37.9 Å². The topological polar surface area (TPSA) is 105 Å². The molecule has 7 nitrogen and oxygen atoms in total. The lowest BCUT2D eigenvalue weighted by Crippen LogP contribution is -2.59. The molecule has 2 atom stereocenters. The molecule has 2 aliphatic rings. The molecule has 3 heterocycles. The van der Waals surface area contributed by atoms with Gasteiger partial charge in [0, 0.05) is 6.20 Å². The van der Waals surface area contributed by atoms with E-state index in [-0.39, 0.29) is 5.57 Å². The van der Waals surface area contributed by atoms with Crippen molar-refractivity contribution in [3.8, 4) is 0 Å². The largest absolute Gasteiger partial charge is 0.480 e. The number of carboxylic acids is 1. The van der Waals surface area contributed by atoms with Crippen LogP contribution in [0.5, 0.6) is 0 Å². The number of β-lactam (4-membered cyclic amide) rings is 1. The van der Waals surface area contributed by atoms with Crippen molar-refractivity contribution < 1.29 is 23.1 Å². The Kier molecular flexibility index (Phi) is 3.16. The highest BCUT2D eigenvalue weighted by atomic mass is 32.2. The summed E-state index contributed by atoms with van der Waals surface area (Å²) in [6.07, 6.45) is 1.55. The van der Waals surface area contributed by atoms with Crippen LogP contribution in [-0.4, -0.2) is 51.4 Å². The lowest BCUT2D eigenvalue weighted by molar-refractivity contribution is -0.152. The van der Waals surface area contributed by atoms with Gasteiger partial charge in [-0.3, -0.25) is 9.78 Å². The van der Waals surface area contributed by atoms with E-state index in [4.69, 9.17) is 0 Å². The fourth-order valence-electron chi connectivity index (χ4n) is 3.24. The third-order valence-electron chi connectivity index (χ3n) is 4.62. The van der Waals surface area contributed by atoms with E-state index in [0.717, 1.165) is 4.90 Å². The van der Waals surface area contributed by atoms with Gasteiger partial charge in [0.2, 0.25) is 0 Å². The molecule has 1 N–H and O–H groups in total. The average Bonchev–Trinajstić information content (AvgIpc) is 2.62. The summed E-state index contributed by atoms with van der Waals surface area (Å²) in [6.45, 7) is 4.32. The maximum absolute atomic E-state index is 12.8. The van der Waals surface area contributed by atoms with Crippen LogP contribution in [0.1, 0.15) is 26.5 Å². The van der Waals surface area contributed by atoms with Gasteiger partial charge in [0.05, 0.1) is 11.3 Å². The first-order valence-corrected chi connectivity index (χ1v) is 8.58. The summed E-state index contributed by atoms with van der Waals surface area (Å²) in [4.78, 5) is 29.0. The molecule has 2 saturated heterocycles. The standard InChI is InChI=1S/C15H16N2O5S/c1-8(9-6-4-5-7-16-9)10-12(18)17-11(14(19)20)15(2,3)23(21,22)13(10)17/h4-7,11,13H,1-3H3,(H,19,20)/t11-,13+/m0/s1. The van der Waals surface area contributed by atoms with Gasteiger partial charge in [-0.2, -0.15) is 0 Å². The van der Waals surface area contributed by atoms with Crippen molar-refractivity contribution in [2.45, 2.75) is 36.9 Å². The summed E-state index contributed by atoms with van der Waals surface area (Å²) in [6, 6.07) is 3.75. The number of hydrogen-bond acceptors (Lipinski definition) is 5. The summed E-state index contributed by atoms with van der Waals surface area (Å²) in [5.74, 6) is -1.87. The van der Waals surface area contributed by atoms with Crippen LogP contribution in [0.4, 0.5) is 0 Å². The Morgan fingerprint density at radius 1 is 1.35 bits per heavy atom. The fourth-order valence-corrected chi connectivity index (χ4v) is 5.45. The van der Waals surface area contributed by atoms with E-state index in [9.17, 15) is 23.1 Å². The molecular formula is C15H16N2O5S. The van der Waals surface area contributed by atoms with E-state index in [0.29, 0.717) is 11.3 Å². The number of pyridine rings is 1. The molecule has 122 valence electrons. The number of carbonyl (C=O) groups is 2. The minimum absolute atomic E-state index is 0.112. The van der Waals surface area contributed by atoms with Gasteiger partial charge in [0.25, 0.3) is 5.91 Å². The first-order valence-electron chi connectivity index (χ1n) is 7.03. The van der Waals surface area contributed by atoms with Crippen molar-refractivity contribution >= 4 is 27.3 Å². The molecule has 2 fully saturated rings. The highest BCUT2D eigenvalue weighted by Crippen LogP contribution is 2.50. The monoisotopic (exact) mass is 336 g/mol. The van der Waals surface area contributed by atoms with Crippen molar-refractivity contribution in [3.63, 3.8) is 0 Å². The van der Waals surface area contributed by atoms with Gasteiger partial charge in [-0.05, 0) is 38.5 Å². The lowest BCUT2D eigenvalue weighted by Gasteiger charge is -2.39. The normalized spacial score (nSPS) is 29.7. The van der Waals surface area contributed by atoms with Crippen LogP contribution in [0.3, 0.4) is 0 Å². The van der Waals surface area contributed by atoms with Gasteiger partial charge in [0.1, 0.15) is 4.75 Å². The minimum atomic E-state index is -3.86. The van der Waals surface area contributed by atoms with E-state index in [1.807, 2.05) is 0 Å². The number of rotatable bonds is 2. The van der Waals surface area contributed by atoms with Crippen molar-refractivity contribution in [1.82, 2.24) is 9.88 Å². The number of amides is 1. The molecule has 1 aromatic heterocycles. The van der Waals surface area contributed by atoms with E-state index in [2.05, 4.69) is 4.98 Å². The Labute approximate surface area is 133 Å². The quantitative estimate of drug-likeness (QED) is 0.629. The molecule has 1 aromatic rings. The molecule has 0 aromatic carbocycles. The Balaban J connectivity index is 2.18. The second-order valence-corrected chi connectivity index (χ2v) is 8.80. The number of fused-ring (bicyclic) bond motifs is 1. The Morgan fingerprint density at radius 2 is 2.00 bits per heavy atom. The van der Waals surface area contributed by atoms with Crippen LogP contribution in [0, 0.1) is 0 Å². The van der Waals surface area contributed by atoms with Crippen molar-refractivity contribution in [2.24, 2.45) is 0 Å². The lowest BCUT2D eigenvalue weighted by atomic mass is 9.92. The highest BCUT2D eigenvalue weighted by Gasteiger charge is 2.70. The molecule has 23 heavy (non-hydrogen) atoms. The summed E-state index contributed by atoms with van der Waals surface area (Å²) in [7, 11) is -3.86. The maximum atomic E-state index is 12.8. The van der Waals surface area contributed by atoms with Crippen molar-refractivity contribution in [1.29, 1.82) is 0 Å². The second-order valence-electron chi connectivity index (χ2n) is 6.21. The van der Waals surface area contributed by atoms with Crippen LogP contribution >= 0.6 is 0 Å². The number of allylic oxidation sites excluding steroid dienone is 1. The van der Waals surface area contributed by atoms with Gasteiger partial charge in [0.15, 0.2) is 21.3 Å². The predicted molar refractivity (Wildman–Crippen MR) is 81.9 cm³/mol. The van der Waals surface area contributed by atoms with Crippen LogP contribution < -0.4 is 0 Å². The smallest absolute Gasteiger partial charge is 0.328 e. The number of carbonyl (C=O) groups excluding carboxylic acids is 1. The van der Waals surface area contributed by atoms with E-state index >= 15 is 0 Å². The van der Waals surface area contributed by atoms with Gasteiger partial charge in [-0.15, -0.1) is 0 Å². The molecule has 0 spiro atoms. The molecule has 1 amide bonds. The number of aliphatic carboxylic acids is 1. The fraction of sp³-hybridized carbons (Fsp3) is 0.400. The Morgan fingerprint density at radius 3 is 2.52 bits per heavy atom. The number of sulfone groups is 1. The number of nitrogens with zero attached hydrogens (tertiary/aromatic N) is 2. The van der Waals surface area contributed by atoms with Crippen molar-refractivity contribution in [3.05, 3.63) is 35.7 Å². The molecule has 0 bridgehead atoms. The summed E-state index contributed by atoms with van der Waals surface area (Å²) in [5, 5.41) is 8.16. The van der Waals surface area contributed by atoms with Crippen LogP contribution in [0.15, 0.2) is 30.0 Å². The SMILES string of the molecule is CC(=C1C(=O)N2[C@@H](C(=O)O)C(C)(C)S(=O)(=O)[C@H]12)c1ccccn1. The van der Waals surface area contributed by atoms with Crippen LogP contribution in [-0.2, 0) is 19.4 Å². The van der Waals surface area contributed by atoms with Crippen molar-refractivity contribution in [2.75, 3.05) is 0 Å². The number of aromatic nitrogens is 1. The van der Waals surface area contributed by atoms with Crippen LogP contribution in [0.25, 0.3) is 5.57 Å². The summed E-state index contributed by atoms with van der Waals surface area (Å²) >= 11 is 0. The molecule has 0 saturated carbocycles. The Bertz CT molecular complexity index is 842. The molecule has 3 rings (SSSR count). The third kappa shape index (κ3) is 1.81. The van der Waals surface area contributed by atoms with Crippen LogP contribution in [0.2, 0.25) is 0 Å². The molecule has 8 heteroatoms. The van der Waals surface area contributed by atoms with Gasteiger partial charge >= 0.3 is 5.97 Å². The Hall–Kier alpha value is -2.22. The summed E-state index contributed by atoms with van der Waals surface area (Å²) in [5.41, 5.74) is 1.07. The zero-order valence-corrected chi connectivity index (χ0v) is 13.7. The number of hydrogen-bond donors (Lipinski definition) is 1. The predicted octanol–water partition coefficient (Wildman–Crippen LogP) is 0.684. The first-order chi connectivity index (χ1) is 10.6.